The van der Waals surface area contributed by atoms with Crippen molar-refractivity contribution >= 4 is 39.7 Å². The van der Waals surface area contributed by atoms with Gasteiger partial charge in [0.15, 0.2) is 4.34 Å². The molecule has 0 fully saturated rings. The molecule has 1 N–H and O–H groups in total. The second-order valence-corrected chi connectivity index (χ2v) is 8.81. The fraction of sp³-hybridized carbons (Fsp3) is 0.312. The number of rotatable bonds is 4. The van der Waals surface area contributed by atoms with E-state index in [1.165, 1.54) is 0 Å². The number of carbonyl (C=O) groups is 1. The number of anilines is 1. The van der Waals surface area contributed by atoms with E-state index < -0.39 is 23.0 Å². The molecule has 7 nitrogen and oxygen atoms in total. The van der Waals surface area contributed by atoms with E-state index in [1.54, 1.807) is 0 Å². The minimum absolute atomic E-state index is 0.0645. The summed E-state index contributed by atoms with van der Waals surface area (Å²) in [5.41, 5.74) is -0.635. The molecule has 3 aromatic rings. The van der Waals surface area contributed by atoms with Gasteiger partial charge in [0, 0.05) is 11.5 Å². The van der Waals surface area contributed by atoms with Crippen LogP contribution in [0.1, 0.15) is 26.5 Å². The zero-order chi connectivity index (χ0) is 19.8. The topological polar surface area (TPSA) is 89.2 Å². The van der Waals surface area contributed by atoms with Gasteiger partial charge in [-0.1, -0.05) is 43.9 Å². The Bertz CT molecular complexity index is 1070. The molecule has 2 aromatic heterocycles. The molecule has 0 radical (unpaired) electrons. The van der Waals surface area contributed by atoms with Crippen molar-refractivity contribution in [3.05, 3.63) is 45.9 Å². The Morgan fingerprint density at radius 3 is 2.70 bits per heavy atom. The summed E-state index contributed by atoms with van der Waals surface area (Å²) in [4.78, 5) is 24.8. The molecule has 0 saturated heterocycles. The van der Waals surface area contributed by atoms with Crippen LogP contribution in [0.25, 0.3) is 4.96 Å². The molecule has 2 heterocycles. The van der Waals surface area contributed by atoms with Crippen molar-refractivity contribution in [1.82, 2.24) is 19.8 Å². The number of amides is 1. The van der Waals surface area contributed by atoms with Gasteiger partial charge >= 0.3 is 0 Å². The number of fused-ring (bicyclic) bond motifs is 1. The Morgan fingerprint density at radius 2 is 2.04 bits per heavy atom. The lowest BCUT2D eigenvalue weighted by Gasteiger charge is -2.14. The van der Waals surface area contributed by atoms with Gasteiger partial charge in [-0.3, -0.25) is 9.59 Å². The number of hydrogen-bond acceptors (Lipinski definition) is 7. The number of benzene rings is 1. The lowest BCUT2D eigenvalue weighted by Crippen LogP contribution is -2.30. The molecule has 3 rings (SSSR count). The van der Waals surface area contributed by atoms with E-state index in [2.05, 4.69) is 20.6 Å². The quantitative estimate of drug-likeness (QED) is 0.664. The maximum atomic E-state index is 13.6. The van der Waals surface area contributed by atoms with Crippen molar-refractivity contribution < 1.29 is 13.6 Å². The van der Waals surface area contributed by atoms with Gasteiger partial charge in [0.1, 0.15) is 17.3 Å². The zero-order valence-electron chi connectivity index (χ0n) is 14.6. The average Bonchev–Trinajstić information content (AvgIpc) is 2.99. The summed E-state index contributed by atoms with van der Waals surface area (Å²) in [5, 5.41) is 14.5. The third-order valence-electron chi connectivity index (χ3n) is 3.41. The number of nitrogens with one attached hydrogen (secondary N) is 1. The molecule has 0 saturated carbocycles. The van der Waals surface area contributed by atoms with Crippen molar-refractivity contribution in [3.63, 3.8) is 0 Å². The van der Waals surface area contributed by atoms with Crippen LogP contribution in [0, 0.1) is 11.6 Å². The Morgan fingerprint density at radius 1 is 1.30 bits per heavy atom. The fourth-order valence-electron chi connectivity index (χ4n) is 2.13. The van der Waals surface area contributed by atoms with Crippen LogP contribution < -0.4 is 10.9 Å². The van der Waals surface area contributed by atoms with Crippen LogP contribution in [-0.4, -0.2) is 31.5 Å². The average molecular weight is 411 g/mol. The molecule has 0 unspecified atom stereocenters. The van der Waals surface area contributed by atoms with E-state index in [0.717, 1.165) is 39.7 Å². The predicted octanol–water partition coefficient (Wildman–Crippen LogP) is 2.85. The van der Waals surface area contributed by atoms with E-state index >= 15 is 0 Å². The van der Waals surface area contributed by atoms with Crippen LogP contribution >= 0.6 is 23.1 Å². The van der Waals surface area contributed by atoms with Gasteiger partial charge < -0.3 is 5.32 Å². The van der Waals surface area contributed by atoms with Crippen LogP contribution in [0.2, 0.25) is 0 Å². The van der Waals surface area contributed by atoms with Crippen LogP contribution in [-0.2, 0) is 10.2 Å². The molecule has 142 valence electrons. The Labute approximate surface area is 160 Å². The molecule has 1 amide bonds. The summed E-state index contributed by atoms with van der Waals surface area (Å²) in [5.74, 6) is -2.13. The lowest BCUT2D eigenvalue weighted by atomic mass is 9.93. The first-order valence-electron chi connectivity index (χ1n) is 7.80. The molecule has 0 aliphatic heterocycles. The maximum Gasteiger partial charge on any atom is 0.297 e. The summed E-state index contributed by atoms with van der Waals surface area (Å²) in [6.07, 6.45) is 0. The minimum Gasteiger partial charge on any atom is -0.323 e. The third-order valence-corrected chi connectivity index (χ3v) is 5.45. The molecule has 11 heteroatoms. The van der Waals surface area contributed by atoms with Gasteiger partial charge in [-0.05, 0) is 12.1 Å². The summed E-state index contributed by atoms with van der Waals surface area (Å²) in [6, 6.07) is 2.89. The van der Waals surface area contributed by atoms with Crippen molar-refractivity contribution in [1.29, 1.82) is 0 Å². The molecular formula is C16H15F2N5O2S2. The van der Waals surface area contributed by atoms with Gasteiger partial charge in [0.25, 0.3) is 5.56 Å². The molecule has 0 spiro atoms. The van der Waals surface area contributed by atoms with Crippen LogP contribution in [0.15, 0.2) is 27.3 Å². The summed E-state index contributed by atoms with van der Waals surface area (Å²) in [6.45, 7) is 5.56. The fourth-order valence-corrected chi connectivity index (χ4v) is 3.80. The Kier molecular flexibility index (Phi) is 5.24. The van der Waals surface area contributed by atoms with Crippen LogP contribution in [0.3, 0.4) is 0 Å². The number of halogens is 2. The highest BCUT2D eigenvalue weighted by Gasteiger charge is 2.23. The Hall–Kier alpha value is -2.40. The van der Waals surface area contributed by atoms with Crippen molar-refractivity contribution in [2.75, 3.05) is 11.1 Å². The van der Waals surface area contributed by atoms with E-state index in [4.69, 9.17) is 0 Å². The van der Waals surface area contributed by atoms with Crippen molar-refractivity contribution in [2.45, 2.75) is 30.5 Å². The summed E-state index contributed by atoms with van der Waals surface area (Å²) in [7, 11) is 0. The largest absolute Gasteiger partial charge is 0.323 e. The maximum absolute atomic E-state index is 13.6. The highest BCUT2D eigenvalue weighted by atomic mass is 32.2. The molecule has 0 bridgehead atoms. The van der Waals surface area contributed by atoms with Gasteiger partial charge in [-0.15, -0.1) is 15.3 Å². The van der Waals surface area contributed by atoms with Gasteiger partial charge in [-0.2, -0.15) is 4.52 Å². The number of carbonyl (C=O) groups excluding carboxylic acids is 1. The minimum atomic E-state index is -0.857. The standard InChI is InChI=1S/C16H15F2N5O2S2/c1-16(2,3)12-13(25)23-14(21-20-12)27-15(22-23)26-7-11(24)19-10-5-4-8(17)6-9(10)18/h4-6H,7H2,1-3H3,(H,19,24). The molecule has 27 heavy (non-hydrogen) atoms. The second-order valence-electron chi connectivity index (χ2n) is 6.63. The number of nitrogens with zero attached hydrogens (tertiary/aromatic N) is 4. The highest BCUT2D eigenvalue weighted by Crippen LogP contribution is 2.24. The lowest BCUT2D eigenvalue weighted by molar-refractivity contribution is -0.113. The molecule has 0 aliphatic rings. The third kappa shape index (κ3) is 4.30. The Balaban J connectivity index is 1.72. The highest BCUT2D eigenvalue weighted by molar-refractivity contribution is 8.01. The molecular weight excluding hydrogens is 396 g/mol. The van der Waals surface area contributed by atoms with Crippen molar-refractivity contribution in [2.24, 2.45) is 0 Å². The second kappa shape index (κ2) is 7.31. The van der Waals surface area contributed by atoms with Gasteiger partial charge in [-0.25, -0.2) is 8.78 Å². The van der Waals surface area contributed by atoms with Crippen LogP contribution in [0.4, 0.5) is 14.5 Å². The zero-order valence-corrected chi connectivity index (χ0v) is 16.2. The van der Waals surface area contributed by atoms with E-state index in [9.17, 15) is 18.4 Å². The normalized spacial score (nSPS) is 11.7. The van der Waals surface area contributed by atoms with E-state index in [-0.39, 0.29) is 17.0 Å². The summed E-state index contributed by atoms with van der Waals surface area (Å²) >= 11 is 2.20. The predicted molar refractivity (Wildman–Crippen MR) is 99.3 cm³/mol. The smallest absolute Gasteiger partial charge is 0.297 e. The van der Waals surface area contributed by atoms with Gasteiger partial charge in [0.2, 0.25) is 10.9 Å². The van der Waals surface area contributed by atoms with Crippen LogP contribution in [0.5, 0.6) is 0 Å². The van der Waals surface area contributed by atoms with Crippen molar-refractivity contribution in [3.8, 4) is 0 Å². The summed E-state index contributed by atoms with van der Waals surface area (Å²) < 4.78 is 28.1. The monoisotopic (exact) mass is 411 g/mol. The SMILES string of the molecule is CC(C)(C)c1nnc2sc(SCC(=O)Nc3ccc(F)cc3F)nn2c1=O. The molecule has 0 atom stereocenters. The first-order valence-corrected chi connectivity index (χ1v) is 9.60. The van der Waals surface area contributed by atoms with E-state index in [1.807, 2.05) is 20.8 Å². The first kappa shape index (κ1) is 19.4. The van der Waals surface area contributed by atoms with E-state index in [0.29, 0.717) is 21.1 Å². The molecule has 1 aromatic carbocycles. The first-order chi connectivity index (χ1) is 12.6. The number of thioether (sulfide) groups is 1. The molecule has 0 aliphatic carbocycles. The van der Waals surface area contributed by atoms with Gasteiger partial charge in [0.05, 0.1) is 11.4 Å². The number of aromatic nitrogens is 4. The number of hydrogen-bond donors (Lipinski definition) is 1.